The summed E-state index contributed by atoms with van der Waals surface area (Å²) in [6, 6.07) is 5.49. The van der Waals surface area contributed by atoms with Crippen molar-refractivity contribution in [1.82, 2.24) is 5.32 Å². The maximum absolute atomic E-state index is 12.2. The van der Waals surface area contributed by atoms with E-state index in [1.807, 2.05) is 19.1 Å². The van der Waals surface area contributed by atoms with E-state index in [1.165, 1.54) is 0 Å². The SMILES string of the molecule is CCOc1ccc2c(c1)C(=O)CC1(CCNC1)O2. The van der Waals surface area contributed by atoms with Crippen molar-refractivity contribution in [2.75, 3.05) is 19.7 Å². The predicted molar refractivity (Wildman–Crippen MR) is 67.4 cm³/mol. The number of rotatable bonds is 2. The second-order valence-electron chi connectivity index (χ2n) is 4.90. The van der Waals surface area contributed by atoms with Crippen molar-refractivity contribution < 1.29 is 14.3 Å². The summed E-state index contributed by atoms with van der Waals surface area (Å²) >= 11 is 0. The zero-order chi connectivity index (χ0) is 12.6. The molecule has 1 aromatic carbocycles. The summed E-state index contributed by atoms with van der Waals surface area (Å²) in [6.45, 7) is 4.20. The Morgan fingerprint density at radius 2 is 2.39 bits per heavy atom. The molecule has 96 valence electrons. The molecular formula is C14H17NO3. The van der Waals surface area contributed by atoms with Gasteiger partial charge in [-0.15, -0.1) is 0 Å². The maximum Gasteiger partial charge on any atom is 0.170 e. The summed E-state index contributed by atoms with van der Waals surface area (Å²) in [7, 11) is 0. The Labute approximate surface area is 106 Å². The third-order valence-electron chi connectivity index (χ3n) is 3.58. The Morgan fingerprint density at radius 3 is 3.11 bits per heavy atom. The topological polar surface area (TPSA) is 47.6 Å². The zero-order valence-corrected chi connectivity index (χ0v) is 10.5. The highest BCUT2D eigenvalue weighted by Gasteiger charge is 2.42. The standard InChI is InChI=1S/C14H17NO3/c1-2-17-10-3-4-13-11(7-10)12(16)8-14(18-13)5-6-15-9-14/h3-4,7,15H,2,5-6,8-9H2,1H3. The normalized spacial score (nSPS) is 25.9. The maximum atomic E-state index is 12.2. The van der Waals surface area contributed by atoms with Gasteiger partial charge in [-0.2, -0.15) is 0 Å². The predicted octanol–water partition coefficient (Wildman–Crippen LogP) is 1.78. The monoisotopic (exact) mass is 247 g/mol. The van der Waals surface area contributed by atoms with Crippen LogP contribution in [-0.4, -0.2) is 31.1 Å². The molecule has 0 aromatic heterocycles. The minimum atomic E-state index is -0.322. The molecule has 0 saturated carbocycles. The van der Waals surface area contributed by atoms with Gasteiger partial charge in [0.05, 0.1) is 18.6 Å². The molecule has 2 aliphatic heterocycles. The molecule has 1 unspecified atom stereocenters. The van der Waals surface area contributed by atoms with Gasteiger partial charge in [-0.25, -0.2) is 0 Å². The molecule has 1 atom stereocenters. The van der Waals surface area contributed by atoms with Gasteiger partial charge in [0.25, 0.3) is 0 Å². The molecule has 1 saturated heterocycles. The number of carbonyl (C=O) groups excluding carboxylic acids is 1. The fraction of sp³-hybridized carbons (Fsp3) is 0.500. The van der Waals surface area contributed by atoms with Crippen molar-refractivity contribution in [3.63, 3.8) is 0 Å². The molecule has 0 bridgehead atoms. The molecule has 2 heterocycles. The first kappa shape index (κ1) is 11.5. The number of carbonyl (C=O) groups is 1. The summed E-state index contributed by atoms with van der Waals surface area (Å²) in [5, 5.41) is 3.26. The van der Waals surface area contributed by atoms with Crippen molar-refractivity contribution >= 4 is 5.78 Å². The van der Waals surface area contributed by atoms with Crippen LogP contribution < -0.4 is 14.8 Å². The molecule has 4 heteroatoms. The fourth-order valence-electron chi connectivity index (χ4n) is 2.69. The number of ketones is 1. The van der Waals surface area contributed by atoms with Gasteiger partial charge >= 0.3 is 0 Å². The highest BCUT2D eigenvalue weighted by Crippen LogP contribution is 2.38. The average Bonchev–Trinajstić information content (AvgIpc) is 2.78. The highest BCUT2D eigenvalue weighted by molar-refractivity contribution is 6.00. The van der Waals surface area contributed by atoms with E-state index in [4.69, 9.17) is 9.47 Å². The number of hydrogen-bond donors (Lipinski definition) is 1. The largest absolute Gasteiger partial charge is 0.494 e. The van der Waals surface area contributed by atoms with Gasteiger partial charge in [-0.1, -0.05) is 0 Å². The van der Waals surface area contributed by atoms with Gasteiger partial charge in [0.1, 0.15) is 17.1 Å². The van der Waals surface area contributed by atoms with E-state index >= 15 is 0 Å². The van der Waals surface area contributed by atoms with E-state index in [0.29, 0.717) is 24.3 Å². The van der Waals surface area contributed by atoms with Crippen LogP contribution in [0.5, 0.6) is 11.5 Å². The van der Waals surface area contributed by atoms with E-state index in [2.05, 4.69) is 5.32 Å². The van der Waals surface area contributed by atoms with Crippen LogP contribution in [0.3, 0.4) is 0 Å². The molecule has 18 heavy (non-hydrogen) atoms. The van der Waals surface area contributed by atoms with Gasteiger partial charge < -0.3 is 14.8 Å². The Balaban J connectivity index is 1.93. The molecular weight excluding hydrogens is 230 g/mol. The fourth-order valence-corrected chi connectivity index (χ4v) is 2.69. The molecule has 0 radical (unpaired) electrons. The third kappa shape index (κ3) is 1.86. The molecule has 1 aromatic rings. The molecule has 1 spiro atoms. The van der Waals surface area contributed by atoms with E-state index in [-0.39, 0.29) is 11.4 Å². The molecule has 3 rings (SSSR count). The van der Waals surface area contributed by atoms with Crippen LogP contribution in [-0.2, 0) is 0 Å². The number of Topliss-reactive ketones (excluding diaryl/α,β-unsaturated/α-hetero) is 1. The average molecular weight is 247 g/mol. The number of fused-ring (bicyclic) bond motifs is 1. The van der Waals surface area contributed by atoms with Crippen LogP contribution >= 0.6 is 0 Å². The lowest BCUT2D eigenvalue weighted by Crippen LogP contribution is -2.43. The molecule has 1 N–H and O–H groups in total. The molecule has 0 amide bonds. The van der Waals surface area contributed by atoms with Crippen LogP contribution in [0.25, 0.3) is 0 Å². The second kappa shape index (κ2) is 4.28. The molecule has 1 fully saturated rings. The molecule has 0 aliphatic carbocycles. The van der Waals surface area contributed by atoms with Crippen LogP contribution in [0.4, 0.5) is 0 Å². The summed E-state index contributed by atoms with van der Waals surface area (Å²) in [4.78, 5) is 12.2. The summed E-state index contributed by atoms with van der Waals surface area (Å²) < 4.78 is 11.5. The number of nitrogens with one attached hydrogen (secondary N) is 1. The summed E-state index contributed by atoms with van der Waals surface area (Å²) in [6.07, 6.45) is 1.36. The Kier molecular flexibility index (Phi) is 2.74. The lowest BCUT2D eigenvalue weighted by Gasteiger charge is -2.34. The van der Waals surface area contributed by atoms with Crippen molar-refractivity contribution in [3.05, 3.63) is 23.8 Å². The van der Waals surface area contributed by atoms with Crippen LogP contribution in [0.1, 0.15) is 30.1 Å². The Bertz CT molecular complexity index is 478. The van der Waals surface area contributed by atoms with Crippen LogP contribution in [0.2, 0.25) is 0 Å². The first-order valence-corrected chi connectivity index (χ1v) is 6.42. The Hall–Kier alpha value is -1.55. The highest BCUT2D eigenvalue weighted by atomic mass is 16.5. The van der Waals surface area contributed by atoms with Gasteiger partial charge in [-0.3, -0.25) is 4.79 Å². The first-order valence-electron chi connectivity index (χ1n) is 6.42. The number of ether oxygens (including phenoxy) is 2. The van der Waals surface area contributed by atoms with Gasteiger partial charge in [0.15, 0.2) is 5.78 Å². The van der Waals surface area contributed by atoms with E-state index < -0.39 is 0 Å². The number of benzene rings is 1. The van der Waals surface area contributed by atoms with Crippen molar-refractivity contribution in [2.24, 2.45) is 0 Å². The second-order valence-corrected chi connectivity index (χ2v) is 4.90. The summed E-state index contributed by atoms with van der Waals surface area (Å²) in [5.74, 6) is 1.58. The zero-order valence-electron chi connectivity index (χ0n) is 10.5. The van der Waals surface area contributed by atoms with Crippen LogP contribution in [0.15, 0.2) is 18.2 Å². The third-order valence-corrected chi connectivity index (χ3v) is 3.58. The summed E-state index contributed by atoms with van der Waals surface area (Å²) in [5.41, 5.74) is 0.329. The number of hydrogen-bond acceptors (Lipinski definition) is 4. The van der Waals surface area contributed by atoms with Gasteiger partial charge in [-0.05, 0) is 31.7 Å². The van der Waals surface area contributed by atoms with E-state index in [1.54, 1.807) is 6.07 Å². The molecule has 4 nitrogen and oxygen atoms in total. The lowest BCUT2D eigenvalue weighted by molar-refractivity contribution is 0.0527. The van der Waals surface area contributed by atoms with E-state index in [0.717, 1.165) is 25.3 Å². The van der Waals surface area contributed by atoms with Gasteiger partial charge in [0.2, 0.25) is 0 Å². The lowest BCUT2D eigenvalue weighted by atomic mass is 9.89. The van der Waals surface area contributed by atoms with Crippen molar-refractivity contribution in [1.29, 1.82) is 0 Å². The first-order chi connectivity index (χ1) is 8.72. The van der Waals surface area contributed by atoms with E-state index in [9.17, 15) is 4.79 Å². The minimum Gasteiger partial charge on any atom is -0.494 e. The van der Waals surface area contributed by atoms with Crippen molar-refractivity contribution in [2.45, 2.75) is 25.4 Å². The molecule has 2 aliphatic rings. The van der Waals surface area contributed by atoms with Crippen molar-refractivity contribution in [3.8, 4) is 11.5 Å². The Morgan fingerprint density at radius 1 is 1.50 bits per heavy atom. The quantitative estimate of drug-likeness (QED) is 0.865. The minimum absolute atomic E-state index is 0.154. The smallest absolute Gasteiger partial charge is 0.170 e. The van der Waals surface area contributed by atoms with Gasteiger partial charge in [0, 0.05) is 13.0 Å². The van der Waals surface area contributed by atoms with Crippen LogP contribution in [0, 0.1) is 0 Å².